The van der Waals surface area contributed by atoms with E-state index in [1.165, 1.54) is 48.9 Å². The zero-order chi connectivity index (χ0) is 13.5. The highest BCUT2D eigenvalue weighted by atomic mass is 32.2. The van der Waals surface area contributed by atoms with Crippen molar-refractivity contribution in [1.82, 2.24) is 15.1 Å². The predicted molar refractivity (Wildman–Crippen MR) is 83.9 cm³/mol. The first-order chi connectivity index (χ1) is 9.28. The van der Waals surface area contributed by atoms with Crippen LogP contribution >= 0.6 is 11.8 Å². The highest BCUT2D eigenvalue weighted by Crippen LogP contribution is 2.18. The number of piperazine rings is 1. The lowest BCUT2D eigenvalue weighted by atomic mass is 10.2. The van der Waals surface area contributed by atoms with E-state index in [1.807, 2.05) is 18.8 Å². The van der Waals surface area contributed by atoms with Crippen LogP contribution in [-0.4, -0.2) is 62.4 Å². The van der Waals surface area contributed by atoms with E-state index >= 15 is 0 Å². The molecule has 1 N–H and O–H groups in total. The molecule has 1 fully saturated rings. The minimum Gasteiger partial charge on any atom is -0.316 e. The van der Waals surface area contributed by atoms with E-state index in [2.05, 4.69) is 46.4 Å². The summed E-state index contributed by atoms with van der Waals surface area (Å²) >= 11 is 1.97. The van der Waals surface area contributed by atoms with Gasteiger partial charge in [0.15, 0.2) is 0 Å². The van der Waals surface area contributed by atoms with Crippen LogP contribution in [-0.2, 0) is 6.54 Å². The molecule has 106 valence electrons. The van der Waals surface area contributed by atoms with Crippen LogP contribution in [0.3, 0.4) is 0 Å². The maximum Gasteiger partial charge on any atom is 0.0202 e. The molecule has 0 bridgehead atoms. The van der Waals surface area contributed by atoms with Crippen LogP contribution in [0, 0.1) is 0 Å². The molecule has 0 aromatic heterocycles. The van der Waals surface area contributed by atoms with Crippen LogP contribution in [0.4, 0.5) is 0 Å². The standard InChI is InChI=1S/C15H25N3S/c1-16-13-14-3-5-15(6-4-14)19-12-11-18-9-7-17(2)8-10-18/h3-6,16H,7-13H2,1-2H3. The van der Waals surface area contributed by atoms with Gasteiger partial charge in [-0.1, -0.05) is 12.1 Å². The first kappa shape index (κ1) is 14.9. The van der Waals surface area contributed by atoms with E-state index in [0.29, 0.717) is 0 Å². The number of thioether (sulfide) groups is 1. The Morgan fingerprint density at radius 3 is 2.42 bits per heavy atom. The summed E-state index contributed by atoms with van der Waals surface area (Å²) in [4.78, 5) is 6.36. The van der Waals surface area contributed by atoms with Gasteiger partial charge in [-0.05, 0) is 31.8 Å². The maximum atomic E-state index is 3.18. The molecule has 0 atom stereocenters. The molecule has 0 spiro atoms. The SMILES string of the molecule is CNCc1ccc(SCCN2CCN(C)CC2)cc1. The summed E-state index contributed by atoms with van der Waals surface area (Å²) in [5.41, 5.74) is 1.35. The fraction of sp³-hybridized carbons (Fsp3) is 0.600. The van der Waals surface area contributed by atoms with Gasteiger partial charge in [-0.2, -0.15) is 0 Å². The Labute approximate surface area is 121 Å². The lowest BCUT2D eigenvalue weighted by Crippen LogP contribution is -2.45. The van der Waals surface area contributed by atoms with Gasteiger partial charge in [0.1, 0.15) is 0 Å². The summed E-state index contributed by atoms with van der Waals surface area (Å²) in [5.74, 6) is 1.19. The first-order valence-electron chi connectivity index (χ1n) is 7.05. The van der Waals surface area contributed by atoms with Gasteiger partial charge in [0.25, 0.3) is 0 Å². The van der Waals surface area contributed by atoms with Crippen LogP contribution in [0.5, 0.6) is 0 Å². The zero-order valence-electron chi connectivity index (χ0n) is 12.1. The molecular weight excluding hydrogens is 254 g/mol. The fourth-order valence-corrected chi connectivity index (χ4v) is 3.19. The highest BCUT2D eigenvalue weighted by Gasteiger charge is 2.12. The second-order valence-corrected chi connectivity index (χ2v) is 6.34. The molecule has 0 saturated carbocycles. The summed E-state index contributed by atoms with van der Waals surface area (Å²) in [6, 6.07) is 8.91. The molecule has 0 unspecified atom stereocenters. The normalized spacial score (nSPS) is 17.8. The molecule has 3 nitrogen and oxygen atoms in total. The Hall–Kier alpha value is -0.550. The van der Waals surface area contributed by atoms with E-state index in [-0.39, 0.29) is 0 Å². The van der Waals surface area contributed by atoms with Gasteiger partial charge in [-0.3, -0.25) is 4.90 Å². The van der Waals surface area contributed by atoms with Crippen molar-refractivity contribution in [2.45, 2.75) is 11.4 Å². The minimum atomic E-state index is 0.951. The van der Waals surface area contributed by atoms with Gasteiger partial charge < -0.3 is 10.2 Å². The summed E-state index contributed by atoms with van der Waals surface area (Å²) in [6.45, 7) is 7.02. The molecule has 19 heavy (non-hydrogen) atoms. The van der Waals surface area contributed by atoms with Crippen LogP contribution in [0.1, 0.15) is 5.56 Å². The van der Waals surface area contributed by atoms with Crippen LogP contribution in [0.25, 0.3) is 0 Å². The molecule has 0 radical (unpaired) electrons. The molecule has 1 aromatic carbocycles. The van der Waals surface area contributed by atoms with Crippen LogP contribution in [0.15, 0.2) is 29.2 Å². The van der Waals surface area contributed by atoms with Gasteiger partial charge in [0.05, 0.1) is 0 Å². The number of rotatable bonds is 6. The highest BCUT2D eigenvalue weighted by molar-refractivity contribution is 7.99. The van der Waals surface area contributed by atoms with E-state index in [0.717, 1.165) is 6.54 Å². The van der Waals surface area contributed by atoms with Crippen molar-refractivity contribution in [2.75, 3.05) is 52.6 Å². The summed E-state index contributed by atoms with van der Waals surface area (Å²) in [6.07, 6.45) is 0. The van der Waals surface area contributed by atoms with Crippen molar-refractivity contribution in [3.8, 4) is 0 Å². The average molecular weight is 279 g/mol. The summed E-state index contributed by atoms with van der Waals surface area (Å²) < 4.78 is 0. The van der Waals surface area contributed by atoms with Gasteiger partial charge in [-0.25, -0.2) is 0 Å². The second kappa shape index (κ2) is 7.90. The van der Waals surface area contributed by atoms with Gasteiger partial charge in [-0.15, -0.1) is 11.8 Å². The lowest BCUT2D eigenvalue weighted by Gasteiger charge is -2.32. The van der Waals surface area contributed by atoms with Crippen molar-refractivity contribution in [3.05, 3.63) is 29.8 Å². The molecule has 2 rings (SSSR count). The molecule has 0 amide bonds. The topological polar surface area (TPSA) is 18.5 Å². The van der Waals surface area contributed by atoms with Gasteiger partial charge in [0.2, 0.25) is 0 Å². The largest absolute Gasteiger partial charge is 0.316 e. The van der Waals surface area contributed by atoms with E-state index in [1.54, 1.807) is 0 Å². The molecule has 1 aliphatic rings. The first-order valence-corrected chi connectivity index (χ1v) is 8.04. The Kier molecular flexibility index (Phi) is 6.17. The number of nitrogens with zero attached hydrogens (tertiary/aromatic N) is 2. The Bertz CT molecular complexity index is 358. The summed E-state index contributed by atoms with van der Waals surface area (Å²) in [7, 11) is 4.19. The molecular formula is C15H25N3S. The third-order valence-electron chi connectivity index (χ3n) is 3.58. The number of nitrogens with one attached hydrogen (secondary N) is 1. The Balaban J connectivity index is 1.67. The van der Waals surface area contributed by atoms with E-state index in [4.69, 9.17) is 0 Å². The predicted octanol–water partition coefficient (Wildman–Crippen LogP) is 1.75. The number of hydrogen-bond acceptors (Lipinski definition) is 4. The smallest absolute Gasteiger partial charge is 0.0202 e. The second-order valence-electron chi connectivity index (χ2n) is 5.17. The third kappa shape index (κ3) is 5.15. The van der Waals surface area contributed by atoms with E-state index in [9.17, 15) is 0 Å². The Morgan fingerprint density at radius 1 is 1.11 bits per heavy atom. The number of hydrogen-bond donors (Lipinski definition) is 1. The van der Waals surface area contributed by atoms with Crippen molar-refractivity contribution in [1.29, 1.82) is 0 Å². The monoisotopic (exact) mass is 279 g/mol. The third-order valence-corrected chi connectivity index (χ3v) is 4.57. The molecule has 1 heterocycles. The average Bonchev–Trinajstić information content (AvgIpc) is 2.43. The molecule has 4 heteroatoms. The van der Waals surface area contributed by atoms with Crippen LogP contribution < -0.4 is 5.32 Å². The van der Waals surface area contributed by atoms with E-state index < -0.39 is 0 Å². The quantitative estimate of drug-likeness (QED) is 0.799. The molecule has 1 aliphatic heterocycles. The number of benzene rings is 1. The number of likely N-dealkylation sites (N-methyl/N-ethyl adjacent to an activating group) is 1. The molecule has 0 aliphatic carbocycles. The van der Waals surface area contributed by atoms with Gasteiger partial charge >= 0.3 is 0 Å². The molecule has 1 saturated heterocycles. The minimum absolute atomic E-state index is 0.951. The lowest BCUT2D eigenvalue weighted by molar-refractivity contribution is 0.161. The zero-order valence-corrected chi connectivity index (χ0v) is 12.9. The summed E-state index contributed by atoms with van der Waals surface area (Å²) in [5, 5.41) is 3.18. The van der Waals surface area contributed by atoms with Crippen molar-refractivity contribution >= 4 is 11.8 Å². The molecule has 1 aromatic rings. The fourth-order valence-electron chi connectivity index (χ4n) is 2.27. The Morgan fingerprint density at radius 2 is 1.79 bits per heavy atom. The van der Waals surface area contributed by atoms with Crippen LogP contribution in [0.2, 0.25) is 0 Å². The maximum absolute atomic E-state index is 3.18. The van der Waals surface area contributed by atoms with Crippen molar-refractivity contribution < 1.29 is 0 Å². The van der Waals surface area contributed by atoms with Crippen molar-refractivity contribution in [2.24, 2.45) is 0 Å². The van der Waals surface area contributed by atoms with Gasteiger partial charge in [0, 0.05) is 49.9 Å². The van der Waals surface area contributed by atoms with Crippen molar-refractivity contribution in [3.63, 3.8) is 0 Å².